The van der Waals surface area contributed by atoms with E-state index in [1.165, 1.54) is 0 Å². The van der Waals surface area contributed by atoms with Gasteiger partial charge in [-0.15, -0.1) is 0 Å². The molecule has 0 aliphatic heterocycles. The zero-order chi connectivity index (χ0) is 13.5. The summed E-state index contributed by atoms with van der Waals surface area (Å²) >= 11 is 2.11. The van der Waals surface area contributed by atoms with Crippen molar-refractivity contribution in [3.05, 3.63) is 27.3 Å². The zero-order valence-electron chi connectivity index (χ0n) is 10.4. The topological polar surface area (TPSA) is 75.3 Å². The molecule has 0 aromatic heterocycles. The number of benzene rings is 1. The quantitative estimate of drug-likeness (QED) is 0.412. The molecule has 4 nitrogen and oxygen atoms in total. The summed E-state index contributed by atoms with van der Waals surface area (Å²) in [7, 11) is 0. The molecule has 100 valence electrons. The summed E-state index contributed by atoms with van der Waals surface area (Å²) < 4.78 is 0.883. The second kappa shape index (κ2) is 7.58. The van der Waals surface area contributed by atoms with E-state index < -0.39 is 0 Å². The minimum Gasteiger partial charge on any atom is -0.398 e. The van der Waals surface area contributed by atoms with Crippen LogP contribution in [0.5, 0.6) is 0 Å². The summed E-state index contributed by atoms with van der Waals surface area (Å²) in [5.74, 6) is 0.212. The highest BCUT2D eigenvalue weighted by Gasteiger charge is 2.07. The number of nitrogen functional groups attached to an aromatic ring is 1. The van der Waals surface area contributed by atoms with Gasteiger partial charge < -0.3 is 16.2 Å². The number of aliphatic hydroxyl groups excluding tert-OH is 1. The summed E-state index contributed by atoms with van der Waals surface area (Å²) in [5, 5.41) is 11.7. The first-order valence-electron chi connectivity index (χ1n) is 5.98. The minimum atomic E-state index is -0.0791. The molecule has 0 aliphatic rings. The average molecular weight is 362 g/mol. The van der Waals surface area contributed by atoms with E-state index in [1.54, 1.807) is 18.2 Å². The van der Waals surface area contributed by atoms with Crippen LogP contribution in [0, 0.1) is 9.49 Å². The maximum atomic E-state index is 11.8. The minimum absolute atomic E-state index is 0.0791. The molecular weight excluding hydrogens is 343 g/mol. The van der Waals surface area contributed by atoms with Gasteiger partial charge in [-0.2, -0.15) is 0 Å². The Hall–Kier alpha value is -0.820. The van der Waals surface area contributed by atoms with Crippen molar-refractivity contribution in [3.8, 4) is 0 Å². The molecule has 1 unspecified atom stereocenters. The molecule has 0 heterocycles. The van der Waals surface area contributed by atoms with E-state index >= 15 is 0 Å². The SMILES string of the molecule is CC(CO)CCCNC(=O)c1ccc(N)c(I)c1. The Balaban J connectivity index is 2.39. The number of carbonyl (C=O) groups is 1. The summed E-state index contributed by atoms with van der Waals surface area (Å²) in [4.78, 5) is 11.8. The molecule has 18 heavy (non-hydrogen) atoms. The molecule has 1 rings (SSSR count). The fraction of sp³-hybridized carbons (Fsp3) is 0.462. The van der Waals surface area contributed by atoms with Gasteiger partial charge in [0.15, 0.2) is 0 Å². The van der Waals surface area contributed by atoms with E-state index in [-0.39, 0.29) is 12.5 Å². The van der Waals surface area contributed by atoms with Crippen LogP contribution in [0.2, 0.25) is 0 Å². The Morgan fingerprint density at radius 3 is 2.89 bits per heavy atom. The molecule has 0 radical (unpaired) electrons. The standard InChI is InChI=1S/C13H19IN2O2/c1-9(8-17)3-2-6-16-13(18)10-4-5-12(15)11(14)7-10/h4-5,7,9,17H,2-3,6,8,15H2,1H3,(H,16,18). The van der Waals surface area contributed by atoms with E-state index in [9.17, 15) is 4.79 Å². The summed E-state index contributed by atoms with van der Waals surface area (Å²) in [6.45, 7) is 2.82. The van der Waals surface area contributed by atoms with Gasteiger partial charge in [0.25, 0.3) is 5.91 Å². The number of amides is 1. The van der Waals surface area contributed by atoms with Crippen molar-refractivity contribution >= 4 is 34.2 Å². The van der Waals surface area contributed by atoms with Crippen molar-refractivity contribution in [3.63, 3.8) is 0 Å². The van der Waals surface area contributed by atoms with Crippen LogP contribution in [0.15, 0.2) is 18.2 Å². The summed E-state index contributed by atoms with van der Waals surface area (Å²) in [6.07, 6.45) is 1.79. The molecule has 5 heteroatoms. The van der Waals surface area contributed by atoms with E-state index in [1.807, 2.05) is 6.92 Å². The second-order valence-electron chi connectivity index (χ2n) is 4.42. The lowest BCUT2D eigenvalue weighted by molar-refractivity contribution is 0.0952. The third-order valence-electron chi connectivity index (χ3n) is 2.73. The van der Waals surface area contributed by atoms with Crippen molar-refractivity contribution in [2.45, 2.75) is 19.8 Å². The zero-order valence-corrected chi connectivity index (χ0v) is 12.6. The highest BCUT2D eigenvalue weighted by molar-refractivity contribution is 14.1. The third-order valence-corrected chi connectivity index (χ3v) is 3.67. The van der Waals surface area contributed by atoms with Gasteiger partial charge in [-0.25, -0.2) is 0 Å². The molecular formula is C13H19IN2O2. The van der Waals surface area contributed by atoms with Crippen LogP contribution in [0.3, 0.4) is 0 Å². The van der Waals surface area contributed by atoms with Gasteiger partial charge in [-0.3, -0.25) is 4.79 Å². The number of carbonyl (C=O) groups excluding carboxylic acids is 1. The van der Waals surface area contributed by atoms with Gasteiger partial charge in [0.1, 0.15) is 0 Å². The average Bonchev–Trinajstić information content (AvgIpc) is 2.37. The number of anilines is 1. The van der Waals surface area contributed by atoms with Crippen LogP contribution in [0.4, 0.5) is 5.69 Å². The molecule has 0 bridgehead atoms. The Morgan fingerprint density at radius 1 is 1.56 bits per heavy atom. The summed E-state index contributed by atoms with van der Waals surface area (Å²) in [6, 6.07) is 5.25. The lowest BCUT2D eigenvalue weighted by Gasteiger charge is -2.09. The van der Waals surface area contributed by atoms with Crippen LogP contribution in [0.1, 0.15) is 30.1 Å². The summed E-state index contributed by atoms with van der Waals surface area (Å²) in [5.41, 5.74) is 7.01. The Labute approximate surface area is 121 Å². The first kappa shape index (κ1) is 15.2. The molecule has 1 amide bonds. The van der Waals surface area contributed by atoms with Crippen LogP contribution in [-0.2, 0) is 0 Å². The largest absolute Gasteiger partial charge is 0.398 e. The normalized spacial score (nSPS) is 12.2. The van der Waals surface area contributed by atoms with Crippen LogP contribution in [0.25, 0.3) is 0 Å². The van der Waals surface area contributed by atoms with Crippen molar-refractivity contribution in [2.24, 2.45) is 5.92 Å². The van der Waals surface area contributed by atoms with E-state index in [0.29, 0.717) is 23.7 Å². The molecule has 1 aromatic rings. The first-order chi connectivity index (χ1) is 8.54. The van der Waals surface area contributed by atoms with Gasteiger partial charge in [0.2, 0.25) is 0 Å². The number of halogens is 1. The Bertz CT molecular complexity index is 410. The van der Waals surface area contributed by atoms with Gasteiger partial charge in [-0.05, 0) is 59.5 Å². The van der Waals surface area contributed by atoms with Gasteiger partial charge in [-0.1, -0.05) is 6.92 Å². The fourth-order valence-corrected chi connectivity index (χ4v) is 2.03. The van der Waals surface area contributed by atoms with Crippen molar-refractivity contribution in [1.82, 2.24) is 5.32 Å². The number of hydrogen-bond acceptors (Lipinski definition) is 3. The number of hydrogen-bond donors (Lipinski definition) is 3. The monoisotopic (exact) mass is 362 g/mol. The van der Waals surface area contributed by atoms with E-state index in [4.69, 9.17) is 10.8 Å². The van der Waals surface area contributed by atoms with Crippen molar-refractivity contribution < 1.29 is 9.90 Å². The fourth-order valence-electron chi connectivity index (χ4n) is 1.51. The Kier molecular flexibility index (Phi) is 6.42. The van der Waals surface area contributed by atoms with Gasteiger partial charge in [0.05, 0.1) is 0 Å². The molecule has 1 aromatic carbocycles. The van der Waals surface area contributed by atoms with Crippen molar-refractivity contribution in [2.75, 3.05) is 18.9 Å². The Morgan fingerprint density at radius 2 is 2.28 bits per heavy atom. The number of aliphatic hydroxyl groups is 1. The molecule has 0 aliphatic carbocycles. The number of nitrogens with one attached hydrogen (secondary N) is 1. The first-order valence-corrected chi connectivity index (χ1v) is 7.06. The molecule has 0 saturated heterocycles. The highest BCUT2D eigenvalue weighted by Crippen LogP contribution is 2.16. The molecule has 0 fully saturated rings. The lowest BCUT2D eigenvalue weighted by Crippen LogP contribution is -2.25. The molecule has 0 saturated carbocycles. The van der Waals surface area contributed by atoms with E-state index in [2.05, 4.69) is 27.9 Å². The van der Waals surface area contributed by atoms with Crippen LogP contribution < -0.4 is 11.1 Å². The predicted molar refractivity (Wildman–Crippen MR) is 81.4 cm³/mol. The molecule has 0 spiro atoms. The maximum Gasteiger partial charge on any atom is 0.251 e. The van der Waals surface area contributed by atoms with Gasteiger partial charge >= 0.3 is 0 Å². The van der Waals surface area contributed by atoms with Crippen LogP contribution >= 0.6 is 22.6 Å². The molecule has 4 N–H and O–H groups in total. The van der Waals surface area contributed by atoms with Crippen molar-refractivity contribution in [1.29, 1.82) is 0 Å². The lowest BCUT2D eigenvalue weighted by atomic mass is 10.1. The second-order valence-corrected chi connectivity index (χ2v) is 5.58. The van der Waals surface area contributed by atoms with Gasteiger partial charge in [0, 0.05) is 28.0 Å². The number of nitrogens with two attached hydrogens (primary N) is 1. The predicted octanol–water partition coefficient (Wildman–Crippen LogP) is 2.01. The van der Waals surface area contributed by atoms with E-state index in [0.717, 1.165) is 16.4 Å². The maximum absolute atomic E-state index is 11.8. The molecule has 1 atom stereocenters. The van der Waals surface area contributed by atoms with Crippen LogP contribution in [-0.4, -0.2) is 24.2 Å². The smallest absolute Gasteiger partial charge is 0.251 e. The third kappa shape index (κ3) is 4.81. The number of rotatable bonds is 6. The highest BCUT2D eigenvalue weighted by atomic mass is 127.